The van der Waals surface area contributed by atoms with Crippen molar-refractivity contribution >= 4 is 11.7 Å². The van der Waals surface area contributed by atoms with Crippen LogP contribution in [-0.4, -0.2) is 33.0 Å². The molecule has 3 heterocycles. The van der Waals surface area contributed by atoms with E-state index in [1.165, 1.54) is 0 Å². The van der Waals surface area contributed by atoms with Crippen molar-refractivity contribution in [3.8, 4) is 0 Å². The minimum absolute atomic E-state index is 0.0453. The van der Waals surface area contributed by atoms with E-state index in [2.05, 4.69) is 20.6 Å². The van der Waals surface area contributed by atoms with Gasteiger partial charge >= 0.3 is 0 Å². The first-order valence-corrected chi connectivity index (χ1v) is 6.36. The highest BCUT2D eigenvalue weighted by Gasteiger charge is 2.25. The number of nitrogens with zero attached hydrogens (tertiary/aromatic N) is 4. The lowest BCUT2D eigenvalue weighted by molar-refractivity contribution is -0.118. The van der Waals surface area contributed by atoms with Gasteiger partial charge in [-0.3, -0.25) is 9.69 Å². The van der Waals surface area contributed by atoms with Gasteiger partial charge in [0.25, 0.3) is 0 Å². The smallest absolute Gasteiger partial charge is 0.228 e. The molecule has 1 aliphatic rings. The summed E-state index contributed by atoms with van der Waals surface area (Å²) in [6.45, 7) is 2.56. The highest BCUT2D eigenvalue weighted by Crippen LogP contribution is 2.23. The number of amides is 1. The molecule has 0 atom stereocenters. The fourth-order valence-electron chi connectivity index (χ4n) is 2.28. The normalized spacial score (nSPS) is 14.5. The van der Waals surface area contributed by atoms with E-state index < -0.39 is 0 Å². The second-order valence-electron chi connectivity index (χ2n) is 4.68. The number of carbonyl (C=O) groups is 1. The molecule has 0 aromatic carbocycles. The number of aryl methyl sites for hydroxylation is 3. The first-order valence-electron chi connectivity index (χ1n) is 6.36. The fourth-order valence-corrected chi connectivity index (χ4v) is 2.28. The van der Waals surface area contributed by atoms with Gasteiger partial charge in [-0.2, -0.15) is 10.3 Å². The molecule has 1 amide bonds. The van der Waals surface area contributed by atoms with Crippen LogP contribution in [0.5, 0.6) is 0 Å². The van der Waals surface area contributed by atoms with Crippen molar-refractivity contribution in [3.63, 3.8) is 0 Å². The predicted octanol–water partition coefficient (Wildman–Crippen LogP) is 1.01. The molecular formula is C12H15N5O2. The van der Waals surface area contributed by atoms with Crippen molar-refractivity contribution in [2.45, 2.75) is 32.6 Å². The molecule has 3 rings (SSSR count). The lowest BCUT2D eigenvalue weighted by Crippen LogP contribution is -2.35. The molecule has 0 radical (unpaired) electrons. The number of H-pyrrole nitrogens is 1. The molecule has 0 aliphatic carbocycles. The molecular weight excluding hydrogens is 246 g/mol. The second-order valence-corrected chi connectivity index (χ2v) is 4.68. The Kier molecular flexibility index (Phi) is 3.02. The van der Waals surface area contributed by atoms with E-state index in [0.717, 1.165) is 30.0 Å². The Morgan fingerprint density at radius 2 is 2.42 bits per heavy atom. The Bertz CT molecular complexity index is 588. The van der Waals surface area contributed by atoms with Crippen molar-refractivity contribution in [2.24, 2.45) is 0 Å². The minimum atomic E-state index is 0.0453. The van der Waals surface area contributed by atoms with Crippen LogP contribution in [0.2, 0.25) is 0 Å². The highest BCUT2D eigenvalue weighted by molar-refractivity contribution is 5.93. The van der Waals surface area contributed by atoms with Crippen molar-refractivity contribution in [1.29, 1.82) is 0 Å². The highest BCUT2D eigenvalue weighted by atomic mass is 16.5. The number of rotatable bonds is 3. The van der Waals surface area contributed by atoms with E-state index in [-0.39, 0.29) is 5.91 Å². The molecule has 2 aromatic heterocycles. The summed E-state index contributed by atoms with van der Waals surface area (Å²) >= 11 is 0. The van der Waals surface area contributed by atoms with Gasteiger partial charge in [0.1, 0.15) is 11.5 Å². The average molecular weight is 261 g/mol. The monoisotopic (exact) mass is 261 g/mol. The summed E-state index contributed by atoms with van der Waals surface area (Å²) < 4.78 is 5.10. The molecule has 19 heavy (non-hydrogen) atoms. The standard InChI is InChI=1S/C12H15N5O2/c1-8-7-9(19-15-8)4-5-11(18)17-6-2-3-10-12(17)14-16-13-10/h7H,2-6H2,1H3,(H,13,14,16). The summed E-state index contributed by atoms with van der Waals surface area (Å²) in [7, 11) is 0. The predicted molar refractivity (Wildman–Crippen MR) is 66.6 cm³/mol. The van der Waals surface area contributed by atoms with E-state index in [1.54, 1.807) is 4.90 Å². The molecule has 7 nitrogen and oxygen atoms in total. The van der Waals surface area contributed by atoms with Gasteiger partial charge in [-0.05, 0) is 19.8 Å². The second kappa shape index (κ2) is 4.83. The molecule has 0 saturated carbocycles. The third-order valence-corrected chi connectivity index (χ3v) is 3.21. The van der Waals surface area contributed by atoms with Gasteiger partial charge in [0, 0.05) is 25.5 Å². The van der Waals surface area contributed by atoms with Crippen LogP contribution < -0.4 is 4.90 Å². The van der Waals surface area contributed by atoms with Gasteiger partial charge in [-0.1, -0.05) is 5.16 Å². The van der Waals surface area contributed by atoms with Crippen molar-refractivity contribution in [2.75, 3.05) is 11.4 Å². The maximum Gasteiger partial charge on any atom is 0.228 e. The van der Waals surface area contributed by atoms with Crippen molar-refractivity contribution < 1.29 is 9.32 Å². The van der Waals surface area contributed by atoms with Crippen LogP contribution in [0.4, 0.5) is 5.82 Å². The van der Waals surface area contributed by atoms with Crippen LogP contribution in [-0.2, 0) is 17.6 Å². The maximum absolute atomic E-state index is 12.2. The van der Waals surface area contributed by atoms with Crippen LogP contribution in [0.25, 0.3) is 0 Å². The summed E-state index contributed by atoms with van der Waals surface area (Å²) in [6.07, 6.45) is 2.74. The number of aromatic amines is 1. The number of carbonyl (C=O) groups excluding carboxylic acids is 1. The molecule has 0 unspecified atom stereocenters. The molecule has 7 heteroatoms. The SMILES string of the molecule is Cc1cc(CCC(=O)N2CCCc3n[nH]nc32)on1. The van der Waals surface area contributed by atoms with Gasteiger partial charge in [-0.25, -0.2) is 0 Å². The minimum Gasteiger partial charge on any atom is -0.361 e. The largest absolute Gasteiger partial charge is 0.361 e. The first kappa shape index (κ1) is 11.9. The zero-order valence-electron chi connectivity index (χ0n) is 10.7. The van der Waals surface area contributed by atoms with Gasteiger partial charge in [-0.15, -0.1) is 5.10 Å². The van der Waals surface area contributed by atoms with E-state index >= 15 is 0 Å². The van der Waals surface area contributed by atoms with E-state index in [9.17, 15) is 4.79 Å². The van der Waals surface area contributed by atoms with Gasteiger partial charge in [0.05, 0.1) is 5.69 Å². The quantitative estimate of drug-likeness (QED) is 0.891. The lowest BCUT2D eigenvalue weighted by Gasteiger charge is -2.24. The molecule has 1 N–H and O–H groups in total. The number of hydrogen-bond acceptors (Lipinski definition) is 5. The molecule has 100 valence electrons. The first-order chi connectivity index (χ1) is 9.24. The number of hydrogen-bond donors (Lipinski definition) is 1. The lowest BCUT2D eigenvalue weighted by atomic mass is 10.1. The Balaban J connectivity index is 1.65. The molecule has 0 saturated heterocycles. The zero-order chi connectivity index (χ0) is 13.2. The Labute approximate surface area is 110 Å². The van der Waals surface area contributed by atoms with Crippen LogP contribution in [0.1, 0.15) is 30.0 Å². The Morgan fingerprint density at radius 3 is 3.21 bits per heavy atom. The Hall–Kier alpha value is -2.18. The molecule has 0 fully saturated rings. The van der Waals surface area contributed by atoms with Crippen molar-refractivity contribution in [1.82, 2.24) is 20.6 Å². The number of nitrogens with one attached hydrogen (secondary N) is 1. The van der Waals surface area contributed by atoms with Crippen LogP contribution in [0.3, 0.4) is 0 Å². The zero-order valence-corrected chi connectivity index (χ0v) is 10.7. The van der Waals surface area contributed by atoms with Crippen LogP contribution in [0.15, 0.2) is 10.6 Å². The summed E-state index contributed by atoms with van der Waals surface area (Å²) in [5.41, 5.74) is 1.70. The molecule has 0 spiro atoms. The number of aromatic nitrogens is 4. The third kappa shape index (κ3) is 2.35. The summed E-state index contributed by atoms with van der Waals surface area (Å²) in [4.78, 5) is 13.9. The summed E-state index contributed by atoms with van der Waals surface area (Å²) in [5, 5.41) is 14.5. The third-order valence-electron chi connectivity index (χ3n) is 3.21. The molecule has 2 aromatic rings. The van der Waals surface area contributed by atoms with E-state index in [0.29, 0.717) is 25.2 Å². The summed E-state index contributed by atoms with van der Waals surface area (Å²) in [5.74, 6) is 1.46. The van der Waals surface area contributed by atoms with Gasteiger partial charge in [0.2, 0.25) is 5.91 Å². The molecule has 1 aliphatic heterocycles. The van der Waals surface area contributed by atoms with E-state index in [4.69, 9.17) is 4.52 Å². The van der Waals surface area contributed by atoms with Crippen LogP contribution >= 0.6 is 0 Å². The Morgan fingerprint density at radius 1 is 1.53 bits per heavy atom. The van der Waals surface area contributed by atoms with Crippen molar-refractivity contribution in [3.05, 3.63) is 23.2 Å². The van der Waals surface area contributed by atoms with Gasteiger partial charge in [0.15, 0.2) is 5.82 Å². The van der Waals surface area contributed by atoms with Crippen LogP contribution in [0, 0.1) is 6.92 Å². The number of fused-ring (bicyclic) bond motifs is 1. The molecule has 0 bridgehead atoms. The van der Waals surface area contributed by atoms with Gasteiger partial charge < -0.3 is 4.52 Å². The summed E-state index contributed by atoms with van der Waals surface area (Å²) in [6, 6.07) is 1.85. The maximum atomic E-state index is 12.2. The number of anilines is 1. The average Bonchev–Trinajstić information content (AvgIpc) is 3.03. The fraction of sp³-hybridized carbons (Fsp3) is 0.500. The topological polar surface area (TPSA) is 87.9 Å². The van der Waals surface area contributed by atoms with E-state index in [1.807, 2.05) is 13.0 Å².